The molecule has 32 heavy (non-hydrogen) atoms. The predicted octanol–water partition coefficient (Wildman–Crippen LogP) is 7.11. The van der Waals surface area contributed by atoms with E-state index in [2.05, 4.69) is 0 Å². The van der Waals surface area contributed by atoms with Gasteiger partial charge in [-0.2, -0.15) is 0 Å². The van der Waals surface area contributed by atoms with E-state index < -0.39 is 5.97 Å². The molecule has 0 unspecified atom stereocenters. The highest BCUT2D eigenvalue weighted by molar-refractivity contribution is 6.09. The van der Waals surface area contributed by atoms with Crippen molar-refractivity contribution in [3.8, 4) is 22.3 Å². The average molecular weight is 431 g/mol. The normalized spacial score (nSPS) is 13.8. The molecule has 1 aliphatic rings. The molecule has 3 aromatic rings. The minimum absolute atomic E-state index is 0.218. The van der Waals surface area contributed by atoms with E-state index in [1.165, 1.54) is 12.1 Å². The molecule has 4 heteroatoms. The van der Waals surface area contributed by atoms with Gasteiger partial charge in [0.2, 0.25) is 0 Å². The van der Waals surface area contributed by atoms with E-state index in [4.69, 9.17) is 4.74 Å². The summed E-state index contributed by atoms with van der Waals surface area (Å²) in [5.74, 6) is -0.566. The van der Waals surface area contributed by atoms with Crippen LogP contribution in [0.25, 0.3) is 22.3 Å². The van der Waals surface area contributed by atoms with Crippen LogP contribution >= 0.6 is 0 Å². The molecule has 0 atom stereocenters. The Labute approximate surface area is 188 Å². The summed E-state index contributed by atoms with van der Waals surface area (Å²) in [6.07, 6.45) is 5.13. The van der Waals surface area contributed by atoms with Crippen molar-refractivity contribution in [2.75, 3.05) is 6.61 Å². The van der Waals surface area contributed by atoms with Gasteiger partial charge in [0.25, 0.3) is 0 Å². The molecule has 0 bridgehead atoms. The van der Waals surface area contributed by atoms with Crippen molar-refractivity contribution < 1.29 is 18.7 Å². The minimum Gasteiger partial charge on any atom is -0.462 e. The Morgan fingerprint density at radius 1 is 1.03 bits per heavy atom. The van der Waals surface area contributed by atoms with Gasteiger partial charge in [0.05, 0.1) is 12.2 Å². The van der Waals surface area contributed by atoms with E-state index in [0.29, 0.717) is 22.3 Å². The molecule has 0 saturated heterocycles. The maximum absolute atomic E-state index is 13.7. The number of carbonyl (C=O) groups excluding carboxylic acids is 2. The fourth-order valence-electron chi connectivity index (χ4n) is 4.71. The fourth-order valence-corrected chi connectivity index (χ4v) is 4.71. The Morgan fingerprint density at radius 2 is 1.66 bits per heavy atom. The van der Waals surface area contributed by atoms with Gasteiger partial charge in [0, 0.05) is 11.1 Å². The third kappa shape index (κ3) is 4.22. The Balaban J connectivity index is 2.09. The number of rotatable bonds is 6. The first-order chi connectivity index (χ1) is 15.5. The van der Waals surface area contributed by atoms with Crippen LogP contribution in [-0.2, 0) is 4.74 Å². The number of halogens is 1. The highest BCUT2D eigenvalue weighted by Gasteiger charge is 2.29. The molecule has 0 spiro atoms. The van der Waals surface area contributed by atoms with Crippen LogP contribution < -0.4 is 0 Å². The van der Waals surface area contributed by atoms with Crippen LogP contribution in [-0.4, -0.2) is 18.9 Å². The molecule has 3 nitrogen and oxygen atoms in total. The summed E-state index contributed by atoms with van der Waals surface area (Å²) in [4.78, 5) is 25.7. The molecule has 0 aromatic heterocycles. The van der Waals surface area contributed by atoms with Gasteiger partial charge in [-0.25, -0.2) is 9.18 Å². The molecule has 0 amide bonds. The van der Waals surface area contributed by atoms with Crippen molar-refractivity contribution in [3.05, 3.63) is 82.7 Å². The van der Waals surface area contributed by atoms with Crippen molar-refractivity contribution in [1.29, 1.82) is 0 Å². The quantitative estimate of drug-likeness (QED) is 0.309. The molecule has 3 aromatic carbocycles. The van der Waals surface area contributed by atoms with Crippen LogP contribution in [0.4, 0.5) is 4.39 Å². The molecule has 4 rings (SSSR count). The van der Waals surface area contributed by atoms with E-state index in [0.717, 1.165) is 54.2 Å². The number of esters is 1. The van der Waals surface area contributed by atoms with E-state index in [-0.39, 0.29) is 18.3 Å². The number of hydrogen-bond acceptors (Lipinski definition) is 3. The van der Waals surface area contributed by atoms with E-state index in [1.54, 1.807) is 19.1 Å². The van der Waals surface area contributed by atoms with Crippen LogP contribution in [0.2, 0.25) is 0 Å². The zero-order chi connectivity index (χ0) is 22.7. The fraction of sp³-hybridized carbons (Fsp3) is 0.286. The van der Waals surface area contributed by atoms with Crippen molar-refractivity contribution in [3.63, 3.8) is 0 Å². The zero-order valence-electron chi connectivity index (χ0n) is 18.5. The number of hydrogen-bond donors (Lipinski definition) is 0. The third-order valence-corrected chi connectivity index (χ3v) is 6.29. The monoisotopic (exact) mass is 430 g/mol. The molecule has 0 aliphatic heterocycles. The van der Waals surface area contributed by atoms with Crippen LogP contribution in [0, 0.1) is 12.7 Å². The van der Waals surface area contributed by atoms with Crippen LogP contribution in [0.5, 0.6) is 0 Å². The predicted molar refractivity (Wildman–Crippen MR) is 125 cm³/mol. The van der Waals surface area contributed by atoms with Gasteiger partial charge in [-0.3, -0.25) is 4.79 Å². The maximum Gasteiger partial charge on any atom is 0.339 e. The van der Waals surface area contributed by atoms with Gasteiger partial charge in [-0.1, -0.05) is 54.8 Å². The number of ether oxygens (including phenoxy) is 1. The summed E-state index contributed by atoms with van der Waals surface area (Å²) in [5.41, 5.74) is 5.74. The first-order valence-electron chi connectivity index (χ1n) is 11.2. The summed E-state index contributed by atoms with van der Waals surface area (Å²) >= 11 is 0. The molecule has 1 saturated carbocycles. The average Bonchev–Trinajstić information content (AvgIpc) is 3.34. The summed E-state index contributed by atoms with van der Waals surface area (Å²) in [7, 11) is 0. The Hall–Kier alpha value is -3.27. The lowest BCUT2D eigenvalue weighted by atomic mass is 9.81. The molecular formula is C28H27FO3. The molecule has 1 aliphatic carbocycles. The van der Waals surface area contributed by atoms with Gasteiger partial charge in [-0.15, -0.1) is 0 Å². The molecule has 0 N–H and O–H groups in total. The van der Waals surface area contributed by atoms with Crippen LogP contribution in [0.3, 0.4) is 0 Å². The zero-order valence-corrected chi connectivity index (χ0v) is 18.5. The largest absolute Gasteiger partial charge is 0.462 e. The van der Waals surface area contributed by atoms with E-state index in [1.807, 2.05) is 37.3 Å². The van der Waals surface area contributed by atoms with Crippen molar-refractivity contribution >= 4 is 12.3 Å². The highest BCUT2D eigenvalue weighted by atomic mass is 19.1. The summed E-state index contributed by atoms with van der Waals surface area (Å²) < 4.78 is 19.1. The Kier molecular flexibility index (Phi) is 6.50. The van der Waals surface area contributed by atoms with Gasteiger partial charge >= 0.3 is 5.97 Å². The molecule has 1 fully saturated rings. The first kappa shape index (κ1) is 21.9. The SMILES string of the molecule is CCOC(=O)c1c(-c2ccc(F)cc2)cc(C2CCCC2)c(C=O)c1-c1ccc(C)cc1. The Morgan fingerprint density at radius 3 is 2.25 bits per heavy atom. The van der Waals surface area contributed by atoms with Crippen molar-refractivity contribution in [2.24, 2.45) is 0 Å². The van der Waals surface area contributed by atoms with Gasteiger partial charge in [-0.05, 0) is 73.1 Å². The second-order valence-corrected chi connectivity index (χ2v) is 8.37. The van der Waals surface area contributed by atoms with Crippen LogP contribution in [0.1, 0.15) is 70.4 Å². The van der Waals surface area contributed by atoms with E-state index >= 15 is 0 Å². The van der Waals surface area contributed by atoms with E-state index in [9.17, 15) is 14.0 Å². The molecule has 164 valence electrons. The first-order valence-corrected chi connectivity index (χ1v) is 11.2. The molecule has 0 heterocycles. The number of carbonyl (C=O) groups is 2. The number of aldehydes is 1. The summed E-state index contributed by atoms with van der Waals surface area (Å²) in [6.45, 7) is 3.97. The number of benzene rings is 3. The second-order valence-electron chi connectivity index (χ2n) is 8.37. The lowest BCUT2D eigenvalue weighted by Crippen LogP contribution is -2.13. The van der Waals surface area contributed by atoms with Gasteiger partial charge in [0.1, 0.15) is 5.82 Å². The highest BCUT2D eigenvalue weighted by Crippen LogP contribution is 2.43. The Bertz CT molecular complexity index is 1120. The minimum atomic E-state index is -0.483. The lowest BCUT2D eigenvalue weighted by molar-refractivity contribution is 0.0528. The summed E-state index contributed by atoms with van der Waals surface area (Å²) in [5, 5.41) is 0. The van der Waals surface area contributed by atoms with Gasteiger partial charge < -0.3 is 4.74 Å². The molecule has 0 radical (unpaired) electrons. The molecular weight excluding hydrogens is 403 g/mol. The summed E-state index contributed by atoms with van der Waals surface area (Å²) in [6, 6.07) is 15.9. The number of aryl methyl sites for hydroxylation is 1. The smallest absolute Gasteiger partial charge is 0.339 e. The topological polar surface area (TPSA) is 43.4 Å². The maximum atomic E-state index is 13.7. The van der Waals surface area contributed by atoms with Gasteiger partial charge in [0.15, 0.2) is 6.29 Å². The third-order valence-electron chi connectivity index (χ3n) is 6.29. The van der Waals surface area contributed by atoms with Crippen molar-refractivity contribution in [2.45, 2.75) is 45.4 Å². The standard InChI is InChI=1S/C28H27FO3/c1-3-32-28(31)27-24(20-12-14-22(29)15-13-20)16-23(19-6-4-5-7-19)25(17-30)26(27)21-10-8-18(2)9-11-21/h8-17,19H,3-7H2,1-2H3. The lowest BCUT2D eigenvalue weighted by Gasteiger charge is -2.22. The van der Waals surface area contributed by atoms with Crippen molar-refractivity contribution in [1.82, 2.24) is 0 Å². The van der Waals surface area contributed by atoms with Crippen LogP contribution in [0.15, 0.2) is 54.6 Å². The second kappa shape index (κ2) is 9.47.